The molecule has 0 amide bonds. The molecule has 0 atom stereocenters. The Morgan fingerprint density at radius 1 is 1.00 bits per heavy atom. The fraction of sp³-hybridized carbons (Fsp3) is 0.476. The van der Waals surface area contributed by atoms with Gasteiger partial charge >= 0.3 is 0 Å². The van der Waals surface area contributed by atoms with Crippen molar-refractivity contribution in [2.75, 3.05) is 6.26 Å². The van der Waals surface area contributed by atoms with Crippen molar-refractivity contribution >= 4 is 17.5 Å². The van der Waals surface area contributed by atoms with Crippen LogP contribution in [-0.2, 0) is 17.9 Å². The first-order valence-electron chi connectivity index (χ1n) is 8.49. The lowest BCUT2D eigenvalue weighted by Crippen LogP contribution is -2.19. The smallest absolute Gasteiger partial charge is 0.195 e. The SMILES string of the molecule is CSc1cn(C)cc1C(=O)c1cc(C(C)(C)C)c(O)c(C(C)(C)C)c1. The van der Waals surface area contributed by atoms with Gasteiger partial charge in [0.05, 0.1) is 5.56 Å². The minimum absolute atomic E-state index is 0.000880. The molecule has 4 heteroatoms. The Labute approximate surface area is 155 Å². The molecule has 0 aliphatic rings. The van der Waals surface area contributed by atoms with Gasteiger partial charge in [-0.05, 0) is 29.2 Å². The molecule has 2 aromatic rings. The average molecular weight is 360 g/mol. The summed E-state index contributed by atoms with van der Waals surface area (Å²) in [5, 5.41) is 10.8. The van der Waals surface area contributed by atoms with Crippen molar-refractivity contribution < 1.29 is 9.90 Å². The van der Waals surface area contributed by atoms with Crippen LogP contribution in [0.5, 0.6) is 5.75 Å². The first-order chi connectivity index (χ1) is 11.4. The minimum atomic E-state index is -0.251. The van der Waals surface area contributed by atoms with Crippen LogP contribution in [-0.4, -0.2) is 21.7 Å². The maximum absolute atomic E-state index is 13.2. The van der Waals surface area contributed by atoms with E-state index in [1.165, 1.54) is 0 Å². The molecule has 0 spiro atoms. The Balaban J connectivity index is 2.71. The van der Waals surface area contributed by atoms with Crippen LogP contribution in [0.4, 0.5) is 0 Å². The van der Waals surface area contributed by atoms with Crippen LogP contribution in [0.1, 0.15) is 68.6 Å². The number of phenols is 1. The van der Waals surface area contributed by atoms with Crippen molar-refractivity contribution in [3.8, 4) is 5.75 Å². The quantitative estimate of drug-likeness (QED) is 0.599. The number of carbonyl (C=O) groups excluding carboxylic acids is 1. The lowest BCUT2D eigenvalue weighted by molar-refractivity contribution is 0.103. The molecule has 0 saturated heterocycles. The zero-order valence-electron chi connectivity index (χ0n) is 16.5. The van der Waals surface area contributed by atoms with Gasteiger partial charge in [0.1, 0.15) is 5.75 Å². The van der Waals surface area contributed by atoms with Crippen LogP contribution in [0.3, 0.4) is 0 Å². The third-order valence-electron chi connectivity index (χ3n) is 4.37. The van der Waals surface area contributed by atoms with E-state index in [2.05, 4.69) is 41.5 Å². The van der Waals surface area contributed by atoms with Crippen molar-refractivity contribution in [2.24, 2.45) is 7.05 Å². The van der Waals surface area contributed by atoms with Crippen molar-refractivity contribution in [1.82, 2.24) is 4.57 Å². The molecular formula is C21H29NO2S. The number of rotatable bonds is 3. The van der Waals surface area contributed by atoms with Gasteiger partial charge in [0.2, 0.25) is 0 Å². The van der Waals surface area contributed by atoms with Gasteiger partial charge in [0.25, 0.3) is 0 Å². The maximum Gasteiger partial charge on any atom is 0.195 e. The van der Waals surface area contributed by atoms with Crippen molar-refractivity contribution in [3.63, 3.8) is 0 Å². The molecule has 0 bridgehead atoms. The average Bonchev–Trinajstić information content (AvgIpc) is 2.85. The number of aryl methyl sites for hydroxylation is 1. The van der Waals surface area contributed by atoms with Crippen molar-refractivity contribution in [2.45, 2.75) is 57.3 Å². The van der Waals surface area contributed by atoms with Gasteiger partial charge < -0.3 is 9.67 Å². The Bertz CT molecular complexity index is 769. The number of phenolic OH excluding ortho intramolecular Hbond substituents is 1. The van der Waals surface area contributed by atoms with E-state index in [4.69, 9.17) is 0 Å². The van der Waals surface area contributed by atoms with Crippen LogP contribution in [0.15, 0.2) is 29.4 Å². The molecule has 0 unspecified atom stereocenters. The van der Waals surface area contributed by atoms with E-state index in [0.29, 0.717) is 16.9 Å². The predicted octanol–water partition coefficient (Wildman–Crippen LogP) is 5.28. The molecular weight excluding hydrogens is 330 g/mol. The molecule has 0 radical (unpaired) electrons. The van der Waals surface area contributed by atoms with Gasteiger partial charge in [-0.3, -0.25) is 4.79 Å². The third kappa shape index (κ3) is 3.95. The van der Waals surface area contributed by atoms with Gasteiger partial charge in [0.15, 0.2) is 5.78 Å². The van der Waals surface area contributed by atoms with Gasteiger partial charge in [-0.1, -0.05) is 41.5 Å². The Kier molecular flexibility index (Phi) is 5.16. The number of aromatic hydroxyl groups is 1. The highest BCUT2D eigenvalue weighted by molar-refractivity contribution is 7.98. The number of benzene rings is 1. The summed E-state index contributed by atoms with van der Waals surface area (Å²) in [7, 11) is 1.93. The summed E-state index contributed by atoms with van der Waals surface area (Å²) in [5.74, 6) is 0.302. The molecule has 25 heavy (non-hydrogen) atoms. The fourth-order valence-electron chi connectivity index (χ4n) is 2.96. The van der Waals surface area contributed by atoms with Gasteiger partial charge in [-0.15, -0.1) is 11.8 Å². The molecule has 0 aliphatic heterocycles. The second-order valence-electron chi connectivity index (χ2n) is 8.65. The first kappa shape index (κ1) is 19.6. The Hall–Kier alpha value is -1.68. The number of hydrogen-bond acceptors (Lipinski definition) is 3. The van der Waals surface area contributed by atoms with E-state index in [0.717, 1.165) is 16.0 Å². The number of ketones is 1. The summed E-state index contributed by atoms with van der Waals surface area (Å²) in [4.78, 5) is 14.2. The predicted molar refractivity (Wildman–Crippen MR) is 106 cm³/mol. The highest BCUT2D eigenvalue weighted by atomic mass is 32.2. The second kappa shape index (κ2) is 6.56. The van der Waals surface area contributed by atoms with Crippen LogP contribution in [0.2, 0.25) is 0 Å². The highest BCUT2D eigenvalue weighted by Gasteiger charge is 2.28. The summed E-state index contributed by atoms with van der Waals surface area (Å²) < 4.78 is 1.91. The largest absolute Gasteiger partial charge is 0.507 e. The van der Waals surface area contributed by atoms with E-state index in [1.807, 2.05) is 42.4 Å². The lowest BCUT2D eigenvalue weighted by Gasteiger charge is -2.28. The van der Waals surface area contributed by atoms with Gasteiger partial charge in [0, 0.05) is 41.0 Å². The molecule has 1 aromatic heterocycles. The molecule has 1 N–H and O–H groups in total. The maximum atomic E-state index is 13.2. The zero-order valence-corrected chi connectivity index (χ0v) is 17.3. The molecule has 0 aliphatic carbocycles. The molecule has 0 saturated carbocycles. The number of nitrogens with zero attached hydrogens (tertiary/aromatic N) is 1. The number of hydrogen-bond donors (Lipinski definition) is 1. The zero-order chi connectivity index (χ0) is 19.2. The molecule has 136 valence electrons. The van der Waals surface area contributed by atoms with Crippen LogP contribution in [0, 0.1) is 0 Å². The summed E-state index contributed by atoms with van der Waals surface area (Å²) >= 11 is 1.57. The molecule has 1 aromatic carbocycles. The van der Waals surface area contributed by atoms with E-state index in [-0.39, 0.29) is 16.6 Å². The van der Waals surface area contributed by atoms with Gasteiger partial charge in [-0.2, -0.15) is 0 Å². The lowest BCUT2D eigenvalue weighted by atomic mass is 9.78. The summed E-state index contributed by atoms with van der Waals surface area (Å²) in [5.41, 5.74) is 2.46. The number of thioether (sulfide) groups is 1. The van der Waals surface area contributed by atoms with Gasteiger partial charge in [-0.25, -0.2) is 0 Å². The standard InChI is InChI=1S/C21H29NO2S/c1-20(2,3)15-9-13(10-16(19(15)24)21(4,5)6)18(23)14-11-22(7)12-17(14)25-8/h9-12,24H,1-8H3. The van der Waals surface area contributed by atoms with Crippen LogP contribution < -0.4 is 0 Å². The normalized spacial score (nSPS) is 12.5. The Morgan fingerprint density at radius 3 is 1.88 bits per heavy atom. The highest BCUT2D eigenvalue weighted by Crippen LogP contribution is 2.40. The topological polar surface area (TPSA) is 42.2 Å². The third-order valence-corrected chi connectivity index (χ3v) is 5.14. The number of aromatic nitrogens is 1. The summed E-state index contributed by atoms with van der Waals surface area (Å²) in [6.07, 6.45) is 5.81. The monoisotopic (exact) mass is 359 g/mol. The van der Waals surface area contributed by atoms with Crippen molar-refractivity contribution in [3.05, 3.63) is 46.8 Å². The fourth-order valence-corrected chi connectivity index (χ4v) is 3.59. The van der Waals surface area contributed by atoms with Crippen molar-refractivity contribution in [1.29, 1.82) is 0 Å². The molecule has 1 heterocycles. The van der Waals surface area contributed by atoms with E-state index >= 15 is 0 Å². The minimum Gasteiger partial charge on any atom is -0.507 e. The number of carbonyl (C=O) groups is 1. The summed E-state index contributed by atoms with van der Waals surface area (Å²) in [6.45, 7) is 12.3. The van der Waals surface area contributed by atoms with E-state index in [1.54, 1.807) is 11.8 Å². The second-order valence-corrected chi connectivity index (χ2v) is 9.50. The Morgan fingerprint density at radius 2 is 1.48 bits per heavy atom. The molecule has 2 rings (SSSR count). The van der Waals surface area contributed by atoms with E-state index in [9.17, 15) is 9.90 Å². The molecule has 0 fully saturated rings. The summed E-state index contributed by atoms with van der Waals surface area (Å²) in [6, 6.07) is 3.70. The van der Waals surface area contributed by atoms with Crippen LogP contribution in [0.25, 0.3) is 0 Å². The first-order valence-corrected chi connectivity index (χ1v) is 9.71. The van der Waals surface area contributed by atoms with E-state index < -0.39 is 0 Å². The molecule has 3 nitrogen and oxygen atoms in total. The van der Waals surface area contributed by atoms with Crippen LogP contribution >= 0.6 is 11.8 Å².